The average Bonchev–Trinajstić information content (AvgIpc) is 3.12. The standard InChI is InChI=1S/C15H12ClNO4/c16-10-3-4-13-9(6-10)7-14(21-13)15(19)20-8-12(18)11-2-1-5-17-11/h1-6,14,17H,7-8H2. The lowest BCUT2D eigenvalue weighted by molar-refractivity contribution is -0.149. The Balaban J connectivity index is 1.57. The number of hydrogen-bond acceptors (Lipinski definition) is 4. The number of fused-ring (bicyclic) bond motifs is 1. The van der Waals surface area contributed by atoms with Gasteiger partial charge in [-0.1, -0.05) is 11.6 Å². The van der Waals surface area contributed by atoms with Crippen LogP contribution >= 0.6 is 11.6 Å². The molecule has 2 aromatic rings. The zero-order valence-corrected chi connectivity index (χ0v) is 11.7. The summed E-state index contributed by atoms with van der Waals surface area (Å²) in [6, 6.07) is 8.50. The fourth-order valence-electron chi connectivity index (χ4n) is 2.16. The van der Waals surface area contributed by atoms with E-state index in [1.165, 1.54) is 0 Å². The van der Waals surface area contributed by atoms with E-state index >= 15 is 0 Å². The van der Waals surface area contributed by atoms with Crippen molar-refractivity contribution in [3.63, 3.8) is 0 Å². The molecule has 1 aliphatic heterocycles. The Labute approximate surface area is 125 Å². The third kappa shape index (κ3) is 2.92. The molecule has 0 aliphatic carbocycles. The van der Waals surface area contributed by atoms with Crippen molar-refractivity contribution in [1.29, 1.82) is 0 Å². The Morgan fingerprint density at radius 1 is 1.38 bits per heavy atom. The lowest BCUT2D eigenvalue weighted by Crippen LogP contribution is -2.29. The van der Waals surface area contributed by atoms with E-state index < -0.39 is 12.1 Å². The summed E-state index contributed by atoms with van der Waals surface area (Å²) < 4.78 is 10.5. The van der Waals surface area contributed by atoms with Crippen molar-refractivity contribution < 1.29 is 19.1 Å². The summed E-state index contributed by atoms with van der Waals surface area (Å²) >= 11 is 5.89. The minimum absolute atomic E-state index is 0.285. The largest absolute Gasteiger partial charge is 0.478 e. The van der Waals surface area contributed by atoms with Crippen molar-refractivity contribution in [2.45, 2.75) is 12.5 Å². The summed E-state index contributed by atoms with van der Waals surface area (Å²) in [5.74, 6) is -0.217. The number of halogens is 1. The number of benzene rings is 1. The van der Waals surface area contributed by atoms with E-state index in [0.717, 1.165) is 5.56 Å². The maximum Gasteiger partial charge on any atom is 0.348 e. The second-order valence-electron chi connectivity index (χ2n) is 4.68. The molecular formula is C15H12ClNO4. The van der Waals surface area contributed by atoms with Gasteiger partial charge in [0.25, 0.3) is 0 Å². The Morgan fingerprint density at radius 2 is 2.24 bits per heavy atom. The Kier molecular flexibility index (Phi) is 3.66. The number of nitrogens with one attached hydrogen (secondary N) is 1. The van der Waals surface area contributed by atoms with Gasteiger partial charge in [-0.15, -0.1) is 0 Å². The van der Waals surface area contributed by atoms with Gasteiger partial charge in [-0.2, -0.15) is 0 Å². The number of rotatable bonds is 4. The van der Waals surface area contributed by atoms with Crippen molar-refractivity contribution in [1.82, 2.24) is 4.98 Å². The molecule has 1 aliphatic rings. The van der Waals surface area contributed by atoms with Gasteiger partial charge >= 0.3 is 5.97 Å². The van der Waals surface area contributed by atoms with Crippen LogP contribution in [0.15, 0.2) is 36.5 Å². The molecule has 0 spiro atoms. The molecule has 1 atom stereocenters. The number of carbonyl (C=O) groups is 2. The highest BCUT2D eigenvalue weighted by Gasteiger charge is 2.31. The molecule has 0 bridgehead atoms. The Bertz CT molecular complexity index is 681. The minimum atomic E-state index is -0.727. The van der Waals surface area contributed by atoms with E-state index in [-0.39, 0.29) is 12.4 Å². The fraction of sp³-hybridized carbons (Fsp3) is 0.200. The molecule has 1 unspecified atom stereocenters. The first kappa shape index (κ1) is 13.7. The van der Waals surface area contributed by atoms with Crippen LogP contribution in [-0.2, 0) is 16.0 Å². The molecule has 6 heteroatoms. The molecule has 2 heterocycles. The molecule has 0 saturated heterocycles. The van der Waals surface area contributed by atoms with Gasteiger partial charge in [0.15, 0.2) is 12.7 Å². The zero-order valence-electron chi connectivity index (χ0n) is 11.0. The van der Waals surface area contributed by atoms with E-state index in [4.69, 9.17) is 21.1 Å². The zero-order chi connectivity index (χ0) is 14.8. The third-order valence-corrected chi connectivity index (χ3v) is 3.44. The number of ether oxygens (including phenoxy) is 2. The molecule has 0 amide bonds. The highest BCUT2D eigenvalue weighted by atomic mass is 35.5. The maximum absolute atomic E-state index is 11.9. The molecule has 0 fully saturated rings. The summed E-state index contributed by atoms with van der Waals surface area (Å²) in [5, 5.41) is 0.591. The van der Waals surface area contributed by atoms with Crippen LogP contribution in [0.1, 0.15) is 16.1 Å². The van der Waals surface area contributed by atoms with Gasteiger partial charge in [-0.3, -0.25) is 4.79 Å². The predicted octanol–water partition coefficient (Wildman–Crippen LogP) is 2.40. The van der Waals surface area contributed by atoms with Crippen LogP contribution < -0.4 is 4.74 Å². The van der Waals surface area contributed by atoms with Crippen molar-refractivity contribution in [2.75, 3.05) is 6.61 Å². The van der Waals surface area contributed by atoms with Crippen molar-refractivity contribution in [3.05, 3.63) is 52.8 Å². The van der Waals surface area contributed by atoms with Crippen LogP contribution in [0.4, 0.5) is 0 Å². The molecule has 21 heavy (non-hydrogen) atoms. The summed E-state index contributed by atoms with van der Waals surface area (Å²) in [6.45, 7) is -0.309. The molecule has 1 aromatic heterocycles. The number of esters is 1. The van der Waals surface area contributed by atoms with E-state index in [9.17, 15) is 9.59 Å². The molecular weight excluding hydrogens is 294 g/mol. The fourth-order valence-corrected chi connectivity index (χ4v) is 2.35. The van der Waals surface area contributed by atoms with Crippen molar-refractivity contribution in [3.8, 4) is 5.75 Å². The summed E-state index contributed by atoms with van der Waals surface area (Å²) in [7, 11) is 0. The highest BCUT2D eigenvalue weighted by molar-refractivity contribution is 6.30. The maximum atomic E-state index is 11.9. The lowest BCUT2D eigenvalue weighted by atomic mass is 10.1. The Morgan fingerprint density at radius 3 is 3.00 bits per heavy atom. The molecule has 3 rings (SSSR count). The van der Waals surface area contributed by atoms with Gasteiger partial charge in [-0.05, 0) is 35.9 Å². The SMILES string of the molecule is O=C(COC(=O)C1Cc2cc(Cl)ccc2O1)c1ccc[nH]1. The van der Waals surface area contributed by atoms with E-state index in [1.54, 1.807) is 36.5 Å². The Hall–Kier alpha value is -2.27. The second-order valence-corrected chi connectivity index (χ2v) is 5.11. The van der Waals surface area contributed by atoms with Crippen LogP contribution in [0, 0.1) is 0 Å². The number of aromatic nitrogens is 1. The quantitative estimate of drug-likeness (QED) is 0.695. The van der Waals surface area contributed by atoms with Crippen LogP contribution in [0.5, 0.6) is 5.75 Å². The van der Waals surface area contributed by atoms with E-state index in [1.807, 2.05) is 0 Å². The van der Waals surface area contributed by atoms with Crippen LogP contribution in [-0.4, -0.2) is 29.4 Å². The monoisotopic (exact) mass is 305 g/mol. The average molecular weight is 306 g/mol. The molecule has 0 radical (unpaired) electrons. The molecule has 1 aromatic carbocycles. The van der Waals surface area contributed by atoms with E-state index in [2.05, 4.69) is 4.98 Å². The number of carbonyl (C=O) groups excluding carboxylic acids is 2. The number of aromatic amines is 1. The minimum Gasteiger partial charge on any atom is -0.478 e. The molecule has 5 nitrogen and oxygen atoms in total. The van der Waals surface area contributed by atoms with Crippen molar-refractivity contribution in [2.24, 2.45) is 0 Å². The van der Waals surface area contributed by atoms with Gasteiger partial charge in [0.2, 0.25) is 5.78 Å². The summed E-state index contributed by atoms with van der Waals surface area (Å²) in [5.41, 5.74) is 1.27. The van der Waals surface area contributed by atoms with Crippen LogP contribution in [0.3, 0.4) is 0 Å². The summed E-state index contributed by atoms with van der Waals surface area (Å²) in [6.07, 6.45) is 1.30. The van der Waals surface area contributed by atoms with Crippen molar-refractivity contribution >= 4 is 23.4 Å². The lowest BCUT2D eigenvalue weighted by Gasteiger charge is -2.09. The van der Waals surface area contributed by atoms with Gasteiger partial charge < -0.3 is 14.5 Å². The first-order chi connectivity index (χ1) is 10.1. The van der Waals surface area contributed by atoms with Crippen LogP contribution in [0.25, 0.3) is 0 Å². The van der Waals surface area contributed by atoms with Gasteiger partial charge in [0.05, 0.1) is 5.69 Å². The normalized spacial score (nSPS) is 16.1. The predicted molar refractivity (Wildman–Crippen MR) is 75.7 cm³/mol. The second kappa shape index (κ2) is 5.61. The number of hydrogen-bond donors (Lipinski definition) is 1. The smallest absolute Gasteiger partial charge is 0.348 e. The van der Waals surface area contributed by atoms with Gasteiger partial charge in [-0.25, -0.2) is 4.79 Å². The number of Topliss-reactive ketones (excluding diaryl/α,β-unsaturated/α-hetero) is 1. The number of ketones is 1. The van der Waals surface area contributed by atoms with Gasteiger partial charge in [0.1, 0.15) is 5.75 Å². The molecule has 1 N–H and O–H groups in total. The first-order valence-electron chi connectivity index (χ1n) is 6.42. The van der Waals surface area contributed by atoms with E-state index in [0.29, 0.717) is 22.9 Å². The number of H-pyrrole nitrogens is 1. The van der Waals surface area contributed by atoms with Crippen LogP contribution in [0.2, 0.25) is 5.02 Å². The highest BCUT2D eigenvalue weighted by Crippen LogP contribution is 2.31. The molecule has 108 valence electrons. The van der Waals surface area contributed by atoms with Gasteiger partial charge in [0, 0.05) is 17.6 Å². The third-order valence-electron chi connectivity index (χ3n) is 3.20. The molecule has 0 saturated carbocycles. The summed E-state index contributed by atoms with van der Waals surface area (Å²) in [4.78, 5) is 26.4. The first-order valence-corrected chi connectivity index (χ1v) is 6.79. The topological polar surface area (TPSA) is 68.4 Å².